The molecule has 0 bridgehead atoms. The van der Waals surface area contributed by atoms with Crippen LogP contribution in [-0.2, 0) is 0 Å². The second-order valence-electron chi connectivity index (χ2n) is 5.00. The van der Waals surface area contributed by atoms with Crippen LogP contribution in [0.2, 0.25) is 0 Å². The van der Waals surface area contributed by atoms with Crippen molar-refractivity contribution < 1.29 is 9.90 Å². The fourth-order valence-corrected chi connectivity index (χ4v) is 3.04. The average Bonchev–Trinajstić information content (AvgIpc) is 2.75. The number of aromatic nitrogens is 2. The number of aromatic carboxylic acids is 1. The topological polar surface area (TPSA) is 57.8 Å². The quantitative estimate of drug-likeness (QED) is 0.920. The van der Waals surface area contributed by atoms with Crippen LogP contribution >= 0.6 is 11.3 Å². The van der Waals surface area contributed by atoms with Gasteiger partial charge in [0.25, 0.3) is 0 Å². The molecule has 1 N–H and O–H groups in total. The van der Waals surface area contributed by atoms with Crippen LogP contribution in [-0.4, -0.2) is 34.1 Å². The van der Waals surface area contributed by atoms with Crippen molar-refractivity contribution in [1.29, 1.82) is 0 Å². The van der Waals surface area contributed by atoms with E-state index in [0.29, 0.717) is 11.7 Å². The fourth-order valence-electron chi connectivity index (χ4n) is 2.33. The number of imidazole rings is 1. The van der Waals surface area contributed by atoms with Crippen molar-refractivity contribution in [2.45, 2.75) is 13.3 Å². The van der Waals surface area contributed by atoms with Crippen molar-refractivity contribution in [1.82, 2.24) is 9.38 Å². The molecule has 18 heavy (non-hydrogen) atoms. The van der Waals surface area contributed by atoms with Crippen LogP contribution in [0.1, 0.15) is 23.8 Å². The van der Waals surface area contributed by atoms with Crippen LogP contribution in [0.25, 0.3) is 4.96 Å². The van der Waals surface area contributed by atoms with Crippen LogP contribution in [0.5, 0.6) is 0 Å². The molecule has 0 radical (unpaired) electrons. The van der Waals surface area contributed by atoms with Crippen molar-refractivity contribution in [3.8, 4) is 0 Å². The lowest BCUT2D eigenvalue weighted by atomic mass is 10.3. The third-order valence-electron chi connectivity index (χ3n) is 3.59. The van der Waals surface area contributed by atoms with E-state index in [9.17, 15) is 9.90 Å². The zero-order chi connectivity index (χ0) is 12.9. The lowest BCUT2D eigenvalue weighted by Gasteiger charge is -2.17. The van der Waals surface area contributed by atoms with Gasteiger partial charge in [-0.3, -0.25) is 4.40 Å². The molecule has 2 unspecified atom stereocenters. The van der Waals surface area contributed by atoms with Gasteiger partial charge in [0.1, 0.15) is 0 Å². The zero-order valence-electron chi connectivity index (χ0n) is 10.3. The van der Waals surface area contributed by atoms with Crippen molar-refractivity contribution in [3.63, 3.8) is 0 Å². The van der Waals surface area contributed by atoms with Crippen LogP contribution in [0.15, 0.2) is 11.6 Å². The highest BCUT2D eigenvalue weighted by Gasteiger charge is 2.34. The molecule has 0 spiro atoms. The number of anilines is 1. The molecule has 1 aliphatic rings. The number of carboxylic acid groups (broad SMARTS) is 1. The van der Waals surface area contributed by atoms with Gasteiger partial charge in [-0.2, -0.15) is 0 Å². The van der Waals surface area contributed by atoms with Gasteiger partial charge in [0.2, 0.25) is 0 Å². The Kier molecular flexibility index (Phi) is 2.55. The highest BCUT2D eigenvalue weighted by atomic mass is 32.1. The molecule has 1 saturated carbocycles. The predicted molar refractivity (Wildman–Crippen MR) is 70.6 cm³/mol. The molecule has 0 amide bonds. The van der Waals surface area contributed by atoms with Crippen molar-refractivity contribution in [3.05, 3.63) is 17.3 Å². The summed E-state index contributed by atoms with van der Waals surface area (Å²) in [6, 6.07) is 0. The molecule has 2 aromatic heterocycles. The first-order valence-corrected chi connectivity index (χ1v) is 6.86. The molecule has 2 heterocycles. The maximum absolute atomic E-state index is 11.4. The maximum Gasteiger partial charge on any atom is 0.356 e. The molecule has 6 heteroatoms. The summed E-state index contributed by atoms with van der Waals surface area (Å²) in [6.07, 6.45) is 2.99. The molecular formula is C12H15N3O2S. The standard InChI is InChI=1S/C12H15N3O2S/c1-7-5-8(7)6-14(2)10-9(11(16)17)15-3-4-18-12(15)13-10/h3-4,7-8H,5-6H2,1-2H3,(H,16,17). The Morgan fingerprint density at radius 2 is 2.44 bits per heavy atom. The Balaban J connectivity index is 1.96. The number of rotatable bonds is 4. The molecule has 0 aliphatic heterocycles. The largest absolute Gasteiger partial charge is 0.476 e. The molecule has 1 aliphatic carbocycles. The van der Waals surface area contributed by atoms with Crippen LogP contribution < -0.4 is 4.90 Å². The molecule has 2 aromatic rings. The third kappa shape index (κ3) is 1.77. The minimum Gasteiger partial charge on any atom is -0.476 e. The summed E-state index contributed by atoms with van der Waals surface area (Å²) in [5.41, 5.74) is 0.266. The summed E-state index contributed by atoms with van der Waals surface area (Å²) in [4.78, 5) is 18.5. The van der Waals surface area contributed by atoms with Crippen LogP contribution in [0.4, 0.5) is 5.82 Å². The van der Waals surface area contributed by atoms with Crippen LogP contribution in [0.3, 0.4) is 0 Å². The molecule has 96 valence electrons. The molecule has 3 rings (SSSR count). The highest BCUT2D eigenvalue weighted by molar-refractivity contribution is 7.15. The summed E-state index contributed by atoms with van der Waals surface area (Å²) in [7, 11) is 1.92. The van der Waals surface area contributed by atoms with Gasteiger partial charge >= 0.3 is 5.97 Å². The number of fused-ring (bicyclic) bond motifs is 1. The lowest BCUT2D eigenvalue weighted by Crippen LogP contribution is -2.23. The highest BCUT2D eigenvalue weighted by Crippen LogP contribution is 2.39. The Morgan fingerprint density at radius 3 is 3.06 bits per heavy atom. The fraction of sp³-hybridized carbons (Fsp3) is 0.500. The first-order valence-electron chi connectivity index (χ1n) is 5.98. The predicted octanol–water partition coefficient (Wildman–Crippen LogP) is 2.19. The summed E-state index contributed by atoms with van der Waals surface area (Å²) >= 11 is 1.45. The Morgan fingerprint density at radius 1 is 1.72 bits per heavy atom. The second-order valence-corrected chi connectivity index (χ2v) is 5.87. The second kappa shape index (κ2) is 3.98. The van der Waals surface area contributed by atoms with E-state index in [0.717, 1.165) is 17.4 Å². The third-order valence-corrected chi connectivity index (χ3v) is 4.35. The SMILES string of the molecule is CC1CC1CN(C)c1nc2sccn2c1C(=O)O. The number of carboxylic acids is 1. The zero-order valence-corrected chi connectivity index (χ0v) is 11.1. The van der Waals surface area contributed by atoms with Gasteiger partial charge < -0.3 is 10.0 Å². The maximum atomic E-state index is 11.4. The van der Waals surface area contributed by atoms with E-state index in [1.54, 1.807) is 10.6 Å². The van der Waals surface area contributed by atoms with Gasteiger partial charge in [-0.25, -0.2) is 9.78 Å². The van der Waals surface area contributed by atoms with Crippen LogP contribution in [0, 0.1) is 11.8 Å². The molecule has 2 atom stereocenters. The van der Waals surface area contributed by atoms with E-state index in [2.05, 4.69) is 11.9 Å². The molecular weight excluding hydrogens is 250 g/mol. The van der Waals surface area contributed by atoms with E-state index in [-0.39, 0.29) is 5.69 Å². The summed E-state index contributed by atoms with van der Waals surface area (Å²) in [5, 5.41) is 11.2. The first-order chi connectivity index (χ1) is 8.58. The van der Waals surface area contributed by atoms with E-state index in [4.69, 9.17) is 0 Å². The van der Waals surface area contributed by atoms with E-state index in [1.807, 2.05) is 17.3 Å². The Hall–Kier alpha value is -1.56. The summed E-state index contributed by atoms with van der Waals surface area (Å²) < 4.78 is 1.65. The van der Waals surface area contributed by atoms with Gasteiger partial charge in [0.05, 0.1) is 0 Å². The van der Waals surface area contributed by atoms with Crippen molar-refractivity contribution in [2.75, 3.05) is 18.5 Å². The number of hydrogen-bond donors (Lipinski definition) is 1. The van der Waals surface area contributed by atoms with E-state index < -0.39 is 5.97 Å². The number of carbonyl (C=O) groups is 1. The monoisotopic (exact) mass is 265 g/mol. The number of nitrogens with zero attached hydrogens (tertiary/aromatic N) is 3. The first kappa shape index (κ1) is 11.5. The minimum atomic E-state index is -0.924. The van der Waals surface area contributed by atoms with Gasteiger partial charge in [0, 0.05) is 25.2 Å². The average molecular weight is 265 g/mol. The molecule has 5 nitrogen and oxygen atoms in total. The van der Waals surface area contributed by atoms with E-state index in [1.165, 1.54) is 17.8 Å². The number of hydrogen-bond acceptors (Lipinski definition) is 4. The minimum absolute atomic E-state index is 0.266. The smallest absolute Gasteiger partial charge is 0.356 e. The van der Waals surface area contributed by atoms with Gasteiger partial charge in [-0.1, -0.05) is 6.92 Å². The van der Waals surface area contributed by atoms with E-state index >= 15 is 0 Å². The van der Waals surface area contributed by atoms with Gasteiger partial charge in [-0.15, -0.1) is 11.3 Å². The summed E-state index contributed by atoms with van der Waals surface area (Å²) in [6.45, 7) is 3.11. The Bertz CT molecular complexity index is 604. The van der Waals surface area contributed by atoms with Crippen molar-refractivity contribution in [2.24, 2.45) is 11.8 Å². The summed E-state index contributed by atoms with van der Waals surface area (Å²) in [5.74, 6) is 1.08. The van der Waals surface area contributed by atoms with Gasteiger partial charge in [0.15, 0.2) is 16.5 Å². The number of thiazole rings is 1. The Labute approximate surface area is 109 Å². The molecule has 0 aromatic carbocycles. The van der Waals surface area contributed by atoms with Crippen molar-refractivity contribution >= 4 is 28.1 Å². The normalized spacial score (nSPS) is 22.3. The van der Waals surface area contributed by atoms with Gasteiger partial charge in [-0.05, 0) is 18.3 Å². The lowest BCUT2D eigenvalue weighted by molar-refractivity contribution is 0.0690. The molecule has 0 saturated heterocycles. The molecule has 1 fully saturated rings.